The molecule has 0 amide bonds. The fraction of sp³-hybridized carbons (Fsp3) is 0.308. The number of hydrogen-bond acceptors (Lipinski definition) is 2. The summed E-state index contributed by atoms with van der Waals surface area (Å²) in [5.74, 6) is 0.199. The molecule has 1 atom stereocenters. The topological polar surface area (TPSA) is 46.5 Å². The number of methoxy groups -OCH3 is 1. The lowest BCUT2D eigenvalue weighted by Crippen LogP contribution is -2.11. The van der Waals surface area contributed by atoms with Crippen LogP contribution in [0.25, 0.3) is 6.08 Å². The molecule has 1 aromatic carbocycles. The van der Waals surface area contributed by atoms with Crippen LogP contribution >= 0.6 is 0 Å². The Hall–Kier alpha value is -1.77. The van der Waals surface area contributed by atoms with Crippen molar-refractivity contribution in [2.45, 2.75) is 12.8 Å². The Morgan fingerprint density at radius 1 is 1.56 bits per heavy atom. The van der Waals surface area contributed by atoms with E-state index in [1.807, 2.05) is 30.4 Å². The van der Waals surface area contributed by atoms with Gasteiger partial charge in [0.1, 0.15) is 5.75 Å². The molecule has 0 aliphatic heterocycles. The van der Waals surface area contributed by atoms with E-state index in [0.717, 1.165) is 17.7 Å². The van der Waals surface area contributed by atoms with Crippen LogP contribution in [0, 0.1) is 5.92 Å². The molecule has 0 spiro atoms. The van der Waals surface area contributed by atoms with Gasteiger partial charge in [0, 0.05) is 0 Å². The quantitative estimate of drug-likeness (QED) is 0.847. The van der Waals surface area contributed by atoms with Crippen LogP contribution in [0.3, 0.4) is 0 Å². The van der Waals surface area contributed by atoms with Gasteiger partial charge >= 0.3 is 5.97 Å². The molecule has 2 rings (SSSR count). The summed E-state index contributed by atoms with van der Waals surface area (Å²) in [6, 6.07) is 5.89. The molecule has 0 fully saturated rings. The fourth-order valence-electron chi connectivity index (χ4n) is 2.00. The maximum Gasteiger partial charge on any atom is 0.303 e. The second kappa shape index (κ2) is 4.39. The normalized spacial score (nSPS) is 17.9. The van der Waals surface area contributed by atoms with Gasteiger partial charge in [-0.25, -0.2) is 0 Å². The van der Waals surface area contributed by atoms with E-state index >= 15 is 0 Å². The van der Waals surface area contributed by atoms with Gasteiger partial charge in [-0.05, 0) is 35.6 Å². The van der Waals surface area contributed by atoms with Crippen LogP contribution in [0.1, 0.15) is 17.5 Å². The predicted molar refractivity (Wildman–Crippen MR) is 61.5 cm³/mol. The lowest BCUT2D eigenvalue weighted by atomic mass is 9.88. The molecule has 0 saturated carbocycles. The third-order valence-electron chi connectivity index (χ3n) is 2.82. The Kier molecular flexibility index (Phi) is 2.95. The fourth-order valence-corrected chi connectivity index (χ4v) is 2.00. The zero-order valence-corrected chi connectivity index (χ0v) is 9.14. The molecule has 0 saturated heterocycles. The van der Waals surface area contributed by atoms with Crippen LogP contribution < -0.4 is 4.74 Å². The van der Waals surface area contributed by atoms with Gasteiger partial charge in [-0.2, -0.15) is 0 Å². The summed E-state index contributed by atoms with van der Waals surface area (Å²) in [7, 11) is 1.64. The van der Waals surface area contributed by atoms with E-state index in [4.69, 9.17) is 9.84 Å². The smallest absolute Gasteiger partial charge is 0.303 e. The highest BCUT2D eigenvalue weighted by Gasteiger charge is 2.16. The van der Waals surface area contributed by atoms with Gasteiger partial charge in [-0.1, -0.05) is 18.2 Å². The van der Waals surface area contributed by atoms with Crippen molar-refractivity contribution in [3.63, 3.8) is 0 Å². The average molecular weight is 218 g/mol. The third-order valence-corrected chi connectivity index (χ3v) is 2.82. The first-order chi connectivity index (χ1) is 7.69. The van der Waals surface area contributed by atoms with Crippen LogP contribution in [0.5, 0.6) is 5.75 Å². The first-order valence-electron chi connectivity index (χ1n) is 5.26. The van der Waals surface area contributed by atoms with E-state index in [1.165, 1.54) is 5.56 Å². The van der Waals surface area contributed by atoms with Crippen LogP contribution in [0.15, 0.2) is 24.3 Å². The van der Waals surface area contributed by atoms with E-state index in [0.29, 0.717) is 0 Å². The van der Waals surface area contributed by atoms with E-state index in [1.54, 1.807) is 7.11 Å². The van der Waals surface area contributed by atoms with E-state index in [-0.39, 0.29) is 12.3 Å². The zero-order valence-electron chi connectivity index (χ0n) is 9.14. The number of hydrogen-bond donors (Lipinski definition) is 1. The molecule has 1 aromatic rings. The number of carboxylic acids is 1. The molecule has 0 heterocycles. The Labute approximate surface area is 94.4 Å². The van der Waals surface area contributed by atoms with Crippen molar-refractivity contribution in [3.05, 3.63) is 35.4 Å². The second-order valence-electron chi connectivity index (χ2n) is 3.99. The molecule has 1 aliphatic carbocycles. The molecule has 1 unspecified atom stereocenters. The minimum absolute atomic E-state index is 0.110. The molecule has 84 valence electrons. The van der Waals surface area contributed by atoms with Crippen molar-refractivity contribution in [1.82, 2.24) is 0 Å². The van der Waals surface area contributed by atoms with E-state index in [9.17, 15) is 4.79 Å². The molecular formula is C13H14O3. The maximum atomic E-state index is 10.6. The molecule has 16 heavy (non-hydrogen) atoms. The number of fused-ring (bicyclic) bond motifs is 1. The zero-order chi connectivity index (χ0) is 11.5. The van der Waals surface area contributed by atoms with Gasteiger partial charge in [0.2, 0.25) is 0 Å². The maximum absolute atomic E-state index is 10.6. The molecule has 1 aliphatic rings. The predicted octanol–water partition coefficient (Wildman–Crippen LogP) is 2.36. The Morgan fingerprint density at radius 3 is 3.06 bits per heavy atom. The summed E-state index contributed by atoms with van der Waals surface area (Å²) in [6.07, 6.45) is 4.94. The lowest BCUT2D eigenvalue weighted by molar-refractivity contribution is -0.137. The number of aliphatic carboxylic acids is 1. The summed E-state index contributed by atoms with van der Waals surface area (Å²) >= 11 is 0. The van der Waals surface area contributed by atoms with Gasteiger partial charge < -0.3 is 9.84 Å². The van der Waals surface area contributed by atoms with Crippen molar-refractivity contribution in [1.29, 1.82) is 0 Å². The number of carboxylic acid groups (broad SMARTS) is 1. The molecular weight excluding hydrogens is 204 g/mol. The number of ether oxygens (including phenoxy) is 1. The van der Waals surface area contributed by atoms with Gasteiger partial charge in [0.25, 0.3) is 0 Å². The number of allylic oxidation sites excluding steroid dienone is 1. The largest absolute Gasteiger partial charge is 0.497 e. The minimum atomic E-state index is -0.744. The summed E-state index contributed by atoms with van der Waals surface area (Å²) in [5.41, 5.74) is 2.32. The monoisotopic (exact) mass is 218 g/mol. The van der Waals surface area contributed by atoms with Crippen molar-refractivity contribution in [3.8, 4) is 5.75 Å². The first kappa shape index (κ1) is 10.7. The summed E-state index contributed by atoms with van der Waals surface area (Å²) in [6.45, 7) is 0. The standard InChI is InChI=1S/C13H14O3/c1-16-12-5-4-10-6-9(7-13(14)15)2-3-11(10)8-12/h2-5,8-9H,6-7H2,1H3,(H,14,15). The van der Waals surface area contributed by atoms with Crippen molar-refractivity contribution >= 4 is 12.0 Å². The van der Waals surface area contributed by atoms with Crippen molar-refractivity contribution in [2.75, 3.05) is 7.11 Å². The van der Waals surface area contributed by atoms with Gasteiger partial charge in [-0.3, -0.25) is 4.79 Å². The van der Waals surface area contributed by atoms with Crippen molar-refractivity contribution in [2.24, 2.45) is 5.92 Å². The molecule has 1 N–H and O–H groups in total. The Balaban J connectivity index is 2.19. The SMILES string of the molecule is COc1ccc2c(c1)C=CC(CC(=O)O)C2. The second-order valence-corrected chi connectivity index (χ2v) is 3.99. The minimum Gasteiger partial charge on any atom is -0.497 e. The Morgan fingerprint density at radius 2 is 2.38 bits per heavy atom. The van der Waals surface area contributed by atoms with Gasteiger partial charge in [-0.15, -0.1) is 0 Å². The average Bonchev–Trinajstić information content (AvgIpc) is 2.27. The first-order valence-corrected chi connectivity index (χ1v) is 5.26. The van der Waals surface area contributed by atoms with Crippen molar-refractivity contribution < 1.29 is 14.6 Å². The summed E-state index contributed by atoms with van der Waals surface area (Å²) in [4.78, 5) is 10.6. The van der Waals surface area contributed by atoms with Crippen LogP contribution in [-0.2, 0) is 11.2 Å². The highest BCUT2D eigenvalue weighted by molar-refractivity contribution is 5.69. The number of rotatable bonds is 3. The lowest BCUT2D eigenvalue weighted by Gasteiger charge is -2.18. The summed E-state index contributed by atoms with van der Waals surface area (Å²) in [5, 5.41) is 8.74. The molecule has 3 heteroatoms. The molecule has 0 bridgehead atoms. The number of carbonyl (C=O) groups is 1. The summed E-state index contributed by atoms with van der Waals surface area (Å²) < 4.78 is 5.14. The van der Waals surface area contributed by atoms with Gasteiger partial charge in [0.15, 0.2) is 0 Å². The van der Waals surface area contributed by atoms with Crippen LogP contribution in [0.2, 0.25) is 0 Å². The Bertz CT molecular complexity index is 435. The van der Waals surface area contributed by atoms with Crippen LogP contribution in [0.4, 0.5) is 0 Å². The molecule has 0 aromatic heterocycles. The molecule has 0 radical (unpaired) electrons. The third kappa shape index (κ3) is 2.24. The van der Waals surface area contributed by atoms with Gasteiger partial charge in [0.05, 0.1) is 13.5 Å². The van der Waals surface area contributed by atoms with E-state index in [2.05, 4.69) is 0 Å². The van der Waals surface area contributed by atoms with Crippen LogP contribution in [-0.4, -0.2) is 18.2 Å². The molecule has 3 nitrogen and oxygen atoms in total. The van der Waals surface area contributed by atoms with E-state index < -0.39 is 5.97 Å². The highest BCUT2D eigenvalue weighted by atomic mass is 16.5. The number of benzene rings is 1. The highest BCUT2D eigenvalue weighted by Crippen LogP contribution is 2.27.